The molecule has 3 nitrogen and oxygen atoms in total. The molecule has 128 valence electrons. The Bertz CT molecular complexity index is 1070. The average molecular weight is 379 g/mol. The fourth-order valence-corrected chi connectivity index (χ4v) is 3.81. The van der Waals surface area contributed by atoms with Crippen LogP contribution in [0.15, 0.2) is 72.9 Å². The van der Waals surface area contributed by atoms with Crippen molar-refractivity contribution in [1.82, 2.24) is 4.98 Å². The van der Waals surface area contributed by atoms with Gasteiger partial charge in [-0.3, -0.25) is 10.1 Å². The van der Waals surface area contributed by atoms with E-state index in [9.17, 15) is 4.79 Å². The third-order valence-corrected chi connectivity index (χ3v) is 5.29. The lowest BCUT2D eigenvalue weighted by molar-refractivity contribution is 0.102. The Balaban J connectivity index is 1.51. The normalized spacial score (nSPS) is 10.8. The number of hydrogen-bond donors (Lipinski definition) is 1. The van der Waals surface area contributed by atoms with E-state index in [1.54, 1.807) is 24.3 Å². The second-order valence-electron chi connectivity index (χ2n) is 5.91. The molecule has 0 fully saturated rings. The first kappa shape index (κ1) is 16.8. The van der Waals surface area contributed by atoms with E-state index in [2.05, 4.69) is 46.7 Å². The van der Waals surface area contributed by atoms with Gasteiger partial charge in [-0.25, -0.2) is 4.98 Å². The molecule has 0 aliphatic heterocycles. The van der Waals surface area contributed by atoms with Crippen molar-refractivity contribution >= 4 is 44.7 Å². The monoisotopic (exact) mass is 378 g/mol. The molecule has 5 heteroatoms. The zero-order valence-corrected chi connectivity index (χ0v) is 15.3. The first-order chi connectivity index (χ1) is 12.7. The number of carbonyl (C=O) groups is 1. The molecule has 3 aromatic carbocycles. The van der Waals surface area contributed by atoms with Crippen LogP contribution in [0.5, 0.6) is 0 Å². The maximum Gasteiger partial charge on any atom is 0.257 e. The van der Waals surface area contributed by atoms with Crippen LogP contribution in [-0.4, -0.2) is 10.9 Å². The summed E-state index contributed by atoms with van der Waals surface area (Å²) in [6.07, 6.45) is 2.61. The van der Waals surface area contributed by atoms with Gasteiger partial charge in [0.05, 0.1) is 0 Å². The van der Waals surface area contributed by atoms with Crippen molar-refractivity contribution in [3.05, 3.63) is 94.0 Å². The summed E-state index contributed by atoms with van der Waals surface area (Å²) < 4.78 is 0. The van der Waals surface area contributed by atoms with Crippen LogP contribution in [0, 0.1) is 0 Å². The second kappa shape index (κ2) is 7.28. The fourth-order valence-electron chi connectivity index (χ4n) is 2.85. The highest BCUT2D eigenvalue weighted by atomic mass is 35.5. The van der Waals surface area contributed by atoms with Crippen LogP contribution in [0.25, 0.3) is 10.8 Å². The Hall–Kier alpha value is -2.69. The minimum Gasteiger partial charge on any atom is -0.298 e. The van der Waals surface area contributed by atoms with E-state index < -0.39 is 0 Å². The lowest BCUT2D eigenvalue weighted by Gasteiger charge is -2.04. The Labute approximate surface area is 160 Å². The molecular weight excluding hydrogens is 364 g/mol. The van der Waals surface area contributed by atoms with E-state index >= 15 is 0 Å². The maximum atomic E-state index is 12.3. The molecule has 0 radical (unpaired) electrons. The quantitative estimate of drug-likeness (QED) is 0.488. The lowest BCUT2D eigenvalue weighted by atomic mass is 10.0. The van der Waals surface area contributed by atoms with Gasteiger partial charge in [-0.1, -0.05) is 54.1 Å². The largest absolute Gasteiger partial charge is 0.298 e. The minimum atomic E-state index is -0.187. The number of nitrogens with zero attached hydrogens (tertiary/aromatic N) is 1. The number of aromatic nitrogens is 1. The third-order valence-electron chi connectivity index (χ3n) is 4.13. The minimum absolute atomic E-state index is 0.187. The molecule has 0 aliphatic carbocycles. The van der Waals surface area contributed by atoms with Crippen LogP contribution >= 0.6 is 22.9 Å². The van der Waals surface area contributed by atoms with Gasteiger partial charge in [0.2, 0.25) is 0 Å². The number of hydrogen-bond acceptors (Lipinski definition) is 3. The van der Waals surface area contributed by atoms with Gasteiger partial charge in [0.1, 0.15) is 0 Å². The summed E-state index contributed by atoms with van der Waals surface area (Å²) in [4.78, 5) is 17.7. The van der Waals surface area contributed by atoms with Gasteiger partial charge in [-0.15, -0.1) is 11.3 Å². The standard InChI is InChI=1S/C21H15ClN2OS/c22-17-10-8-15(9-11-17)20(25)24-21-23-13-18(26-21)12-16-6-3-5-14-4-1-2-7-19(14)16/h1-11,13H,12H2,(H,23,24,25). The van der Waals surface area contributed by atoms with Crippen molar-refractivity contribution in [3.63, 3.8) is 0 Å². The van der Waals surface area contributed by atoms with E-state index in [4.69, 9.17) is 11.6 Å². The summed E-state index contributed by atoms with van der Waals surface area (Å²) in [6, 6.07) is 21.5. The Morgan fingerprint density at radius 2 is 1.77 bits per heavy atom. The number of carbonyl (C=O) groups excluding carboxylic acids is 1. The molecule has 1 N–H and O–H groups in total. The van der Waals surface area contributed by atoms with Crippen LogP contribution in [-0.2, 0) is 6.42 Å². The number of rotatable bonds is 4. The van der Waals surface area contributed by atoms with Crippen LogP contribution in [0.2, 0.25) is 5.02 Å². The van der Waals surface area contributed by atoms with Crippen molar-refractivity contribution in [3.8, 4) is 0 Å². The van der Waals surface area contributed by atoms with Gasteiger partial charge in [0.15, 0.2) is 5.13 Å². The van der Waals surface area contributed by atoms with Gasteiger partial charge >= 0.3 is 0 Å². The molecule has 1 aromatic heterocycles. The molecule has 1 amide bonds. The zero-order chi connectivity index (χ0) is 17.9. The van der Waals surface area contributed by atoms with Crippen LogP contribution in [0.3, 0.4) is 0 Å². The van der Waals surface area contributed by atoms with E-state index in [1.165, 1.54) is 27.7 Å². The molecule has 0 atom stereocenters. The number of thiazole rings is 1. The number of nitrogens with one attached hydrogen (secondary N) is 1. The highest BCUT2D eigenvalue weighted by Crippen LogP contribution is 2.26. The molecule has 0 saturated carbocycles. The fraction of sp³-hybridized carbons (Fsp3) is 0.0476. The van der Waals surface area contributed by atoms with Gasteiger partial charge in [0.25, 0.3) is 5.91 Å². The van der Waals surface area contributed by atoms with Crippen LogP contribution < -0.4 is 5.32 Å². The highest BCUT2D eigenvalue weighted by molar-refractivity contribution is 7.15. The Morgan fingerprint density at radius 3 is 2.62 bits per heavy atom. The van der Waals surface area contributed by atoms with E-state index in [0.717, 1.165) is 11.3 Å². The summed E-state index contributed by atoms with van der Waals surface area (Å²) in [5.41, 5.74) is 1.81. The molecule has 0 aliphatic rings. The topological polar surface area (TPSA) is 42.0 Å². The average Bonchev–Trinajstić information content (AvgIpc) is 3.09. The summed E-state index contributed by atoms with van der Waals surface area (Å²) in [6.45, 7) is 0. The Morgan fingerprint density at radius 1 is 1.00 bits per heavy atom. The molecule has 26 heavy (non-hydrogen) atoms. The number of fused-ring (bicyclic) bond motifs is 1. The first-order valence-electron chi connectivity index (χ1n) is 8.17. The van der Waals surface area contributed by atoms with Crippen LogP contribution in [0.4, 0.5) is 5.13 Å². The third kappa shape index (κ3) is 3.62. The molecule has 4 aromatic rings. The number of amides is 1. The van der Waals surface area contributed by atoms with Gasteiger partial charge in [0, 0.05) is 28.1 Å². The van der Waals surface area contributed by atoms with Crippen molar-refractivity contribution < 1.29 is 4.79 Å². The number of benzene rings is 3. The summed E-state index contributed by atoms with van der Waals surface area (Å²) in [5, 5.41) is 6.52. The Kier molecular flexibility index (Phi) is 4.69. The molecule has 0 saturated heterocycles. The number of halogens is 1. The van der Waals surface area contributed by atoms with E-state index in [-0.39, 0.29) is 5.91 Å². The van der Waals surface area contributed by atoms with Crippen LogP contribution in [0.1, 0.15) is 20.8 Å². The molecule has 4 rings (SSSR count). The molecule has 0 spiro atoms. The molecule has 1 heterocycles. The molecule has 0 bridgehead atoms. The van der Waals surface area contributed by atoms with Crippen molar-refractivity contribution in [2.45, 2.75) is 6.42 Å². The molecular formula is C21H15ClN2OS. The lowest BCUT2D eigenvalue weighted by Crippen LogP contribution is -2.11. The zero-order valence-electron chi connectivity index (χ0n) is 13.8. The summed E-state index contributed by atoms with van der Waals surface area (Å²) in [7, 11) is 0. The maximum absolute atomic E-state index is 12.3. The predicted octanol–water partition coefficient (Wildman–Crippen LogP) is 5.79. The highest BCUT2D eigenvalue weighted by Gasteiger charge is 2.10. The van der Waals surface area contributed by atoms with E-state index in [0.29, 0.717) is 15.7 Å². The SMILES string of the molecule is O=C(Nc1ncc(Cc2cccc3ccccc23)s1)c1ccc(Cl)cc1. The summed E-state index contributed by atoms with van der Waals surface area (Å²) in [5.74, 6) is -0.187. The van der Waals surface area contributed by atoms with Crippen molar-refractivity contribution in [2.24, 2.45) is 0 Å². The summed E-state index contributed by atoms with van der Waals surface area (Å²) >= 11 is 7.35. The second-order valence-corrected chi connectivity index (χ2v) is 7.46. The number of anilines is 1. The van der Waals surface area contributed by atoms with Crippen molar-refractivity contribution in [2.75, 3.05) is 5.32 Å². The molecule has 0 unspecified atom stereocenters. The predicted molar refractivity (Wildman–Crippen MR) is 108 cm³/mol. The first-order valence-corrected chi connectivity index (χ1v) is 9.37. The van der Waals surface area contributed by atoms with Gasteiger partial charge in [-0.2, -0.15) is 0 Å². The van der Waals surface area contributed by atoms with Gasteiger partial charge < -0.3 is 0 Å². The van der Waals surface area contributed by atoms with Gasteiger partial charge in [-0.05, 0) is 40.6 Å². The van der Waals surface area contributed by atoms with Crippen molar-refractivity contribution in [1.29, 1.82) is 0 Å². The smallest absolute Gasteiger partial charge is 0.257 e. The van der Waals surface area contributed by atoms with E-state index in [1.807, 2.05) is 12.3 Å².